The van der Waals surface area contributed by atoms with Crippen LogP contribution in [-0.4, -0.2) is 11.2 Å². The van der Waals surface area contributed by atoms with E-state index in [2.05, 4.69) is 0 Å². The molecule has 5 heteroatoms. The Morgan fingerprint density at radius 2 is 2.00 bits per heavy atom. The van der Waals surface area contributed by atoms with Crippen molar-refractivity contribution >= 4 is 12.4 Å². The van der Waals surface area contributed by atoms with Gasteiger partial charge in [-0.15, -0.1) is 12.4 Å². The lowest BCUT2D eigenvalue weighted by Crippen LogP contribution is -2.26. The topological polar surface area (TPSA) is 46.2 Å². The third kappa shape index (κ3) is 3.12. The minimum absolute atomic E-state index is 0. The zero-order chi connectivity index (χ0) is 10.7. The van der Waals surface area contributed by atoms with Crippen LogP contribution in [0.1, 0.15) is 24.9 Å². The van der Waals surface area contributed by atoms with Crippen LogP contribution in [0.4, 0.5) is 8.78 Å². The zero-order valence-electron chi connectivity index (χ0n) is 8.28. The molecule has 0 saturated heterocycles. The number of aliphatic hydroxyl groups excluding tert-OH is 1. The first-order chi connectivity index (χ1) is 6.57. The summed E-state index contributed by atoms with van der Waals surface area (Å²) in [6.45, 7) is 1.72. The molecule has 0 bridgehead atoms. The Bertz CT molecular complexity index is 322. The van der Waals surface area contributed by atoms with Crippen molar-refractivity contribution in [2.24, 2.45) is 5.73 Å². The van der Waals surface area contributed by atoms with Gasteiger partial charge < -0.3 is 10.8 Å². The molecule has 0 aliphatic carbocycles. The van der Waals surface area contributed by atoms with E-state index in [1.54, 1.807) is 6.92 Å². The summed E-state index contributed by atoms with van der Waals surface area (Å²) in [6.07, 6.45) is -0.455. The van der Waals surface area contributed by atoms with Crippen LogP contribution in [0.15, 0.2) is 18.2 Å². The third-order valence-corrected chi connectivity index (χ3v) is 2.17. The summed E-state index contributed by atoms with van der Waals surface area (Å²) in [6, 6.07) is 2.89. The fourth-order valence-electron chi connectivity index (χ4n) is 1.24. The van der Waals surface area contributed by atoms with Crippen LogP contribution >= 0.6 is 12.4 Å². The van der Waals surface area contributed by atoms with Crippen molar-refractivity contribution < 1.29 is 13.9 Å². The van der Waals surface area contributed by atoms with Gasteiger partial charge in [-0.25, -0.2) is 8.78 Å². The number of nitrogens with two attached hydrogens (primary N) is 1. The molecule has 1 aromatic rings. The summed E-state index contributed by atoms with van der Waals surface area (Å²) >= 11 is 0. The van der Waals surface area contributed by atoms with Gasteiger partial charge >= 0.3 is 0 Å². The molecule has 0 heterocycles. The van der Waals surface area contributed by atoms with E-state index >= 15 is 0 Å². The molecule has 1 aromatic carbocycles. The summed E-state index contributed by atoms with van der Waals surface area (Å²) < 4.78 is 26.0. The Labute approximate surface area is 93.5 Å². The molecular formula is C10H14ClF2NO. The molecule has 0 unspecified atom stereocenters. The molecule has 15 heavy (non-hydrogen) atoms. The molecule has 0 aliphatic heterocycles. The number of hydrogen-bond acceptors (Lipinski definition) is 2. The van der Waals surface area contributed by atoms with Crippen molar-refractivity contribution in [3.8, 4) is 0 Å². The standard InChI is InChI=1S/C10H13F2NO.ClH/c1-2-8(14)10(13)6-4-3-5-7(11)9(6)12;/h3-5,8,10,14H,2,13H2,1H3;1H/t8-,10+;/m1./s1. The van der Waals surface area contributed by atoms with Gasteiger partial charge in [0.25, 0.3) is 0 Å². The minimum Gasteiger partial charge on any atom is -0.391 e. The second-order valence-corrected chi connectivity index (χ2v) is 3.14. The Morgan fingerprint density at radius 1 is 1.40 bits per heavy atom. The first kappa shape index (κ1) is 14.3. The van der Waals surface area contributed by atoms with Crippen LogP contribution in [0, 0.1) is 11.6 Å². The van der Waals surface area contributed by atoms with Crippen molar-refractivity contribution in [3.05, 3.63) is 35.4 Å². The molecule has 1 rings (SSSR count). The molecule has 0 amide bonds. The minimum atomic E-state index is -0.979. The lowest BCUT2D eigenvalue weighted by atomic mass is 10.00. The largest absolute Gasteiger partial charge is 0.391 e. The molecule has 0 radical (unpaired) electrons. The van der Waals surface area contributed by atoms with E-state index in [0.29, 0.717) is 6.42 Å². The van der Waals surface area contributed by atoms with Crippen molar-refractivity contribution in [2.45, 2.75) is 25.5 Å². The average Bonchev–Trinajstić information content (AvgIpc) is 2.20. The Kier molecular flexibility index (Phi) is 5.72. The van der Waals surface area contributed by atoms with E-state index in [0.717, 1.165) is 6.07 Å². The van der Waals surface area contributed by atoms with Crippen LogP contribution in [0.5, 0.6) is 0 Å². The Morgan fingerprint density at radius 3 is 2.53 bits per heavy atom. The quantitative estimate of drug-likeness (QED) is 0.846. The Balaban J connectivity index is 0.00000196. The molecule has 0 saturated carbocycles. The lowest BCUT2D eigenvalue weighted by molar-refractivity contribution is 0.139. The van der Waals surface area contributed by atoms with Gasteiger partial charge in [-0.2, -0.15) is 0 Å². The summed E-state index contributed by atoms with van der Waals surface area (Å²) in [5.74, 6) is -1.92. The van der Waals surface area contributed by atoms with Gasteiger partial charge in [0.1, 0.15) is 0 Å². The highest BCUT2D eigenvalue weighted by Gasteiger charge is 2.20. The number of hydrogen-bond donors (Lipinski definition) is 2. The lowest BCUT2D eigenvalue weighted by Gasteiger charge is -2.18. The van der Waals surface area contributed by atoms with Crippen molar-refractivity contribution in [1.82, 2.24) is 0 Å². The SMILES string of the molecule is CC[C@@H](O)[C@@H](N)c1cccc(F)c1F.Cl. The maximum absolute atomic E-state index is 13.2. The molecule has 0 spiro atoms. The summed E-state index contributed by atoms with van der Waals surface area (Å²) in [4.78, 5) is 0. The maximum Gasteiger partial charge on any atom is 0.163 e. The van der Waals surface area contributed by atoms with Crippen molar-refractivity contribution in [3.63, 3.8) is 0 Å². The number of rotatable bonds is 3. The number of aliphatic hydroxyl groups is 1. The third-order valence-electron chi connectivity index (χ3n) is 2.17. The molecule has 0 aliphatic rings. The smallest absolute Gasteiger partial charge is 0.163 e. The van der Waals surface area contributed by atoms with Crippen molar-refractivity contribution in [2.75, 3.05) is 0 Å². The molecule has 0 aromatic heterocycles. The molecule has 0 fully saturated rings. The van der Waals surface area contributed by atoms with E-state index in [1.165, 1.54) is 12.1 Å². The van der Waals surface area contributed by atoms with Gasteiger partial charge in [-0.1, -0.05) is 19.1 Å². The van der Waals surface area contributed by atoms with E-state index in [1.807, 2.05) is 0 Å². The van der Waals surface area contributed by atoms with Gasteiger partial charge in [-0.3, -0.25) is 0 Å². The number of benzene rings is 1. The predicted molar refractivity (Wildman–Crippen MR) is 56.8 cm³/mol. The second-order valence-electron chi connectivity index (χ2n) is 3.14. The first-order valence-corrected chi connectivity index (χ1v) is 4.45. The van der Waals surface area contributed by atoms with Crippen molar-refractivity contribution in [1.29, 1.82) is 0 Å². The van der Waals surface area contributed by atoms with Gasteiger partial charge in [0.05, 0.1) is 12.1 Å². The molecular weight excluding hydrogens is 224 g/mol. The summed E-state index contributed by atoms with van der Waals surface area (Å²) in [7, 11) is 0. The van der Waals surface area contributed by atoms with Gasteiger partial charge in [0.15, 0.2) is 11.6 Å². The van der Waals surface area contributed by atoms with Crippen LogP contribution in [0.2, 0.25) is 0 Å². The second kappa shape index (κ2) is 6.00. The molecule has 86 valence electrons. The van der Waals surface area contributed by atoms with E-state index < -0.39 is 23.8 Å². The summed E-state index contributed by atoms with van der Waals surface area (Å²) in [5, 5.41) is 9.38. The van der Waals surface area contributed by atoms with E-state index in [9.17, 15) is 13.9 Å². The van der Waals surface area contributed by atoms with Crippen LogP contribution in [-0.2, 0) is 0 Å². The van der Waals surface area contributed by atoms with Gasteiger partial charge in [0, 0.05) is 5.56 Å². The van der Waals surface area contributed by atoms with E-state index in [-0.39, 0.29) is 18.0 Å². The zero-order valence-corrected chi connectivity index (χ0v) is 9.10. The predicted octanol–water partition coefficient (Wildman–Crippen LogP) is 2.16. The van der Waals surface area contributed by atoms with Gasteiger partial charge in [-0.05, 0) is 12.5 Å². The normalized spacial score (nSPS) is 14.2. The average molecular weight is 238 g/mol. The van der Waals surface area contributed by atoms with Gasteiger partial charge in [0.2, 0.25) is 0 Å². The highest BCUT2D eigenvalue weighted by molar-refractivity contribution is 5.85. The highest BCUT2D eigenvalue weighted by atomic mass is 35.5. The Hall–Kier alpha value is -0.710. The number of halogens is 3. The highest BCUT2D eigenvalue weighted by Crippen LogP contribution is 2.21. The molecule has 2 nitrogen and oxygen atoms in total. The first-order valence-electron chi connectivity index (χ1n) is 4.45. The summed E-state index contributed by atoms with van der Waals surface area (Å²) in [5.41, 5.74) is 5.58. The monoisotopic (exact) mass is 237 g/mol. The van der Waals surface area contributed by atoms with Crippen LogP contribution in [0.3, 0.4) is 0 Å². The fourth-order valence-corrected chi connectivity index (χ4v) is 1.24. The van der Waals surface area contributed by atoms with Crippen LogP contribution in [0.25, 0.3) is 0 Å². The maximum atomic E-state index is 13.2. The van der Waals surface area contributed by atoms with Crippen LogP contribution < -0.4 is 5.73 Å². The molecule has 2 atom stereocenters. The molecule has 3 N–H and O–H groups in total. The van der Waals surface area contributed by atoms with E-state index in [4.69, 9.17) is 5.73 Å². The fraction of sp³-hybridized carbons (Fsp3) is 0.400.